The molecule has 0 aliphatic rings. The Balaban J connectivity index is 2.59. The SMILES string of the molecule is CCOC(=O)Cn1ccc(=O)c2cc(OC)c(OC)cc21. The lowest BCUT2D eigenvalue weighted by molar-refractivity contribution is -0.143. The number of aromatic nitrogens is 1. The molecule has 21 heavy (non-hydrogen) atoms. The van der Waals surface area contributed by atoms with Crippen LogP contribution in [0.15, 0.2) is 29.2 Å². The topological polar surface area (TPSA) is 66.8 Å². The second-order valence-corrected chi connectivity index (χ2v) is 4.34. The van der Waals surface area contributed by atoms with Gasteiger partial charge in [0.05, 0.1) is 26.3 Å². The zero-order valence-corrected chi connectivity index (χ0v) is 12.2. The first kappa shape index (κ1) is 14.9. The van der Waals surface area contributed by atoms with Gasteiger partial charge < -0.3 is 18.8 Å². The molecule has 0 aliphatic carbocycles. The molecule has 2 rings (SSSR count). The molecular weight excluding hydrogens is 274 g/mol. The molecule has 0 fully saturated rings. The fourth-order valence-electron chi connectivity index (χ4n) is 2.11. The monoisotopic (exact) mass is 291 g/mol. The van der Waals surface area contributed by atoms with Gasteiger partial charge in [0, 0.05) is 23.7 Å². The third kappa shape index (κ3) is 2.99. The van der Waals surface area contributed by atoms with E-state index in [4.69, 9.17) is 14.2 Å². The minimum Gasteiger partial charge on any atom is -0.493 e. The lowest BCUT2D eigenvalue weighted by Gasteiger charge is -2.13. The van der Waals surface area contributed by atoms with E-state index < -0.39 is 0 Å². The summed E-state index contributed by atoms with van der Waals surface area (Å²) >= 11 is 0. The molecular formula is C15H17NO5. The summed E-state index contributed by atoms with van der Waals surface area (Å²) < 4.78 is 17.0. The van der Waals surface area contributed by atoms with E-state index in [1.165, 1.54) is 20.3 Å². The van der Waals surface area contributed by atoms with Gasteiger partial charge in [-0.25, -0.2) is 0 Å². The third-order valence-electron chi connectivity index (χ3n) is 3.09. The molecule has 0 bridgehead atoms. The van der Waals surface area contributed by atoms with Crippen molar-refractivity contribution in [3.63, 3.8) is 0 Å². The van der Waals surface area contributed by atoms with E-state index in [-0.39, 0.29) is 17.9 Å². The van der Waals surface area contributed by atoms with Gasteiger partial charge in [-0.15, -0.1) is 0 Å². The molecule has 6 heteroatoms. The summed E-state index contributed by atoms with van der Waals surface area (Å²) in [7, 11) is 3.02. The van der Waals surface area contributed by atoms with Crippen LogP contribution < -0.4 is 14.9 Å². The molecule has 0 unspecified atom stereocenters. The molecule has 0 saturated heterocycles. The quantitative estimate of drug-likeness (QED) is 0.782. The summed E-state index contributed by atoms with van der Waals surface area (Å²) in [5.41, 5.74) is 0.444. The molecule has 0 saturated carbocycles. The number of carbonyl (C=O) groups excluding carboxylic acids is 1. The zero-order chi connectivity index (χ0) is 15.4. The molecule has 112 valence electrons. The van der Waals surface area contributed by atoms with Crippen LogP contribution in [0.2, 0.25) is 0 Å². The molecule has 0 radical (unpaired) electrons. The maximum Gasteiger partial charge on any atom is 0.325 e. The van der Waals surface area contributed by atoms with E-state index in [1.54, 1.807) is 29.8 Å². The Kier molecular flexibility index (Phi) is 4.47. The largest absolute Gasteiger partial charge is 0.493 e. The van der Waals surface area contributed by atoms with Crippen LogP contribution in [0.1, 0.15) is 6.92 Å². The number of benzene rings is 1. The van der Waals surface area contributed by atoms with Crippen LogP contribution in [0.4, 0.5) is 0 Å². The van der Waals surface area contributed by atoms with E-state index >= 15 is 0 Å². The highest BCUT2D eigenvalue weighted by Gasteiger charge is 2.12. The van der Waals surface area contributed by atoms with Crippen LogP contribution >= 0.6 is 0 Å². The first-order chi connectivity index (χ1) is 10.1. The van der Waals surface area contributed by atoms with Gasteiger partial charge in [-0.2, -0.15) is 0 Å². The molecule has 6 nitrogen and oxygen atoms in total. The van der Waals surface area contributed by atoms with Crippen molar-refractivity contribution in [1.29, 1.82) is 0 Å². The van der Waals surface area contributed by atoms with Crippen molar-refractivity contribution in [2.24, 2.45) is 0 Å². The van der Waals surface area contributed by atoms with Gasteiger partial charge >= 0.3 is 5.97 Å². The number of ether oxygens (including phenoxy) is 3. The number of fused-ring (bicyclic) bond motifs is 1. The maximum absolute atomic E-state index is 12.0. The number of esters is 1. The van der Waals surface area contributed by atoms with Gasteiger partial charge in [-0.1, -0.05) is 0 Å². The second-order valence-electron chi connectivity index (χ2n) is 4.34. The van der Waals surface area contributed by atoms with E-state index in [1.807, 2.05) is 0 Å². The Morgan fingerprint density at radius 3 is 2.48 bits per heavy atom. The van der Waals surface area contributed by atoms with Crippen molar-refractivity contribution in [3.8, 4) is 11.5 Å². The number of carbonyl (C=O) groups is 1. The van der Waals surface area contributed by atoms with Crippen LogP contribution in [-0.2, 0) is 16.1 Å². The highest BCUT2D eigenvalue weighted by atomic mass is 16.5. The maximum atomic E-state index is 12.0. The Hall–Kier alpha value is -2.50. The van der Waals surface area contributed by atoms with Crippen LogP contribution in [0.25, 0.3) is 10.9 Å². The molecule has 0 aliphatic heterocycles. The molecule has 1 aromatic heterocycles. The van der Waals surface area contributed by atoms with E-state index in [0.717, 1.165) is 0 Å². The number of nitrogens with zero attached hydrogens (tertiary/aromatic N) is 1. The molecule has 0 spiro atoms. The minimum atomic E-state index is -0.364. The average Bonchev–Trinajstić information content (AvgIpc) is 2.49. The third-order valence-corrected chi connectivity index (χ3v) is 3.09. The van der Waals surface area contributed by atoms with Crippen molar-refractivity contribution < 1.29 is 19.0 Å². The molecule has 0 atom stereocenters. The van der Waals surface area contributed by atoms with Crippen molar-refractivity contribution in [2.45, 2.75) is 13.5 Å². The van der Waals surface area contributed by atoms with E-state index in [2.05, 4.69) is 0 Å². The predicted octanol–water partition coefficient (Wildman–Crippen LogP) is 1.58. The second kappa shape index (κ2) is 6.30. The number of hydrogen-bond donors (Lipinski definition) is 0. The van der Waals surface area contributed by atoms with Gasteiger partial charge in [0.2, 0.25) is 0 Å². The van der Waals surface area contributed by atoms with Crippen molar-refractivity contribution in [2.75, 3.05) is 20.8 Å². The molecule has 0 N–H and O–H groups in total. The Labute approximate surface area is 121 Å². The number of hydrogen-bond acceptors (Lipinski definition) is 5. The predicted molar refractivity (Wildman–Crippen MR) is 77.9 cm³/mol. The van der Waals surface area contributed by atoms with E-state index in [9.17, 15) is 9.59 Å². The summed E-state index contributed by atoms with van der Waals surface area (Å²) in [5, 5.41) is 0.458. The normalized spacial score (nSPS) is 10.4. The van der Waals surface area contributed by atoms with Gasteiger partial charge in [-0.05, 0) is 13.0 Å². The van der Waals surface area contributed by atoms with Crippen molar-refractivity contribution in [3.05, 3.63) is 34.6 Å². The smallest absolute Gasteiger partial charge is 0.325 e. The minimum absolute atomic E-state index is 0.0279. The van der Waals surface area contributed by atoms with Crippen LogP contribution in [-0.4, -0.2) is 31.4 Å². The number of rotatable bonds is 5. The van der Waals surface area contributed by atoms with Crippen LogP contribution in [0, 0.1) is 0 Å². The van der Waals surface area contributed by atoms with Gasteiger partial charge in [0.1, 0.15) is 6.54 Å². The first-order valence-electron chi connectivity index (χ1n) is 6.51. The summed E-state index contributed by atoms with van der Waals surface area (Å²) in [4.78, 5) is 23.6. The Morgan fingerprint density at radius 2 is 1.86 bits per heavy atom. The fraction of sp³-hybridized carbons (Fsp3) is 0.333. The summed E-state index contributed by atoms with van der Waals surface area (Å²) in [6, 6.07) is 4.69. The van der Waals surface area contributed by atoms with Gasteiger partial charge in [0.25, 0.3) is 0 Å². The molecule has 0 amide bonds. The average molecular weight is 291 g/mol. The zero-order valence-electron chi connectivity index (χ0n) is 12.2. The summed E-state index contributed by atoms with van der Waals surface area (Å²) in [6.07, 6.45) is 1.56. The number of pyridine rings is 1. The lowest BCUT2D eigenvalue weighted by atomic mass is 10.2. The van der Waals surface area contributed by atoms with Crippen molar-refractivity contribution >= 4 is 16.9 Å². The van der Waals surface area contributed by atoms with Gasteiger partial charge in [0.15, 0.2) is 16.9 Å². The molecule has 1 aromatic carbocycles. The van der Waals surface area contributed by atoms with E-state index in [0.29, 0.717) is 29.0 Å². The van der Waals surface area contributed by atoms with Crippen LogP contribution in [0.5, 0.6) is 11.5 Å². The molecule has 1 heterocycles. The fourth-order valence-corrected chi connectivity index (χ4v) is 2.11. The summed E-state index contributed by atoms with van der Waals surface area (Å²) in [5.74, 6) is 0.599. The highest BCUT2D eigenvalue weighted by molar-refractivity contribution is 5.84. The number of methoxy groups -OCH3 is 2. The Morgan fingerprint density at radius 1 is 1.19 bits per heavy atom. The molecule has 2 aromatic rings. The first-order valence-corrected chi connectivity index (χ1v) is 6.51. The Bertz CT molecular complexity index is 720. The van der Waals surface area contributed by atoms with Gasteiger partial charge in [-0.3, -0.25) is 9.59 Å². The van der Waals surface area contributed by atoms with Crippen molar-refractivity contribution in [1.82, 2.24) is 4.57 Å². The lowest BCUT2D eigenvalue weighted by Crippen LogP contribution is -2.16. The highest BCUT2D eigenvalue weighted by Crippen LogP contribution is 2.30. The standard InChI is InChI=1S/C15H17NO5/c1-4-21-15(18)9-16-6-5-12(17)10-7-13(19-2)14(20-3)8-11(10)16/h5-8H,4,9H2,1-3H3. The summed E-state index contributed by atoms with van der Waals surface area (Å²) in [6.45, 7) is 2.09. The van der Waals surface area contributed by atoms with Crippen LogP contribution in [0.3, 0.4) is 0 Å².